The highest BCUT2D eigenvalue weighted by Crippen LogP contribution is 2.30. The molecule has 0 radical (unpaired) electrons. The number of fused-ring (bicyclic) bond motifs is 2. The number of hydrogen-bond acceptors (Lipinski definition) is 6. The van der Waals surface area contributed by atoms with E-state index in [0.717, 1.165) is 36.2 Å². The first-order valence-corrected chi connectivity index (χ1v) is 9.68. The van der Waals surface area contributed by atoms with Crippen molar-refractivity contribution in [3.63, 3.8) is 0 Å². The quantitative estimate of drug-likeness (QED) is 0.807. The standard InChI is InChI=1S/C19H27N5O3/c1-12-15(13(2)24-19(22-12)20-11-21-24)5-7-18(25)23-8-9-27-17-6-4-14(26-3)10-16(17)23/h11,14,16-17H,4-10H2,1-3H3. The van der Waals surface area contributed by atoms with E-state index in [-0.39, 0.29) is 24.2 Å². The summed E-state index contributed by atoms with van der Waals surface area (Å²) in [5.74, 6) is 0.784. The molecule has 0 spiro atoms. The van der Waals surface area contributed by atoms with Crippen molar-refractivity contribution in [3.05, 3.63) is 23.3 Å². The topological polar surface area (TPSA) is 81.9 Å². The molecule has 2 aliphatic rings. The molecule has 8 heteroatoms. The van der Waals surface area contributed by atoms with Crippen molar-refractivity contribution in [2.75, 3.05) is 20.3 Å². The van der Waals surface area contributed by atoms with Crippen molar-refractivity contribution in [2.24, 2.45) is 0 Å². The lowest BCUT2D eigenvalue weighted by Crippen LogP contribution is -2.57. The van der Waals surface area contributed by atoms with Crippen molar-refractivity contribution in [1.82, 2.24) is 24.5 Å². The fourth-order valence-corrected chi connectivity index (χ4v) is 4.49. The van der Waals surface area contributed by atoms with Crippen LogP contribution in [0.1, 0.15) is 42.6 Å². The molecule has 0 aromatic carbocycles. The van der Waals surface area contributed by atoms with Gasteiger partial charge in [0, 0.05) is 31.5 Å². The molecule has 2 aromatic rings. The van der Waals surface area contributed by atoms with E-state index in [1.165, 1.54) is 6.33 Å². The van der Waals surface area contributed by atoms with Gasteiger partial charge in [-0.25, -0.2) is 9.50 Å². The molecule has 3 unspecified atom stereocenters. The highest BCUT2D eigenvalue weighted by molar-refractivity contribution is 5.77. The lowest BCUT2D eigenvalue weighted by molar-refractivity contribution is -0.154. The summed E-state index contributed by atoms with van der Waals surface area (Å²) < 4.78 is 13.2. The van der Waals surface area contributed by atoms with Gasteiger partial charge >= 0.3 is 0 Å². The van der Waals surface area contributed by atoms with Gasteiger partial charge in [0.2, 0.25) is 5.91 Å². The maximum Gasteiger partial charge on any atom is 0.252 e. The van der Waals surface area contributed by atoms with E-state index >= 15 is 0 Å². The third-order valence-corrected chi connectivity index (χ3v) is 6.00. The molecule has 27 heavy (non-hydrogen) atoms. The minimum Gasteiger partial charge on any atom is -0.381 e. The Morgan fingerprint density at radius 1 is 1.37 bits per heavy atom. The van der Waals surface area contributed by atoms with Gasteiger partial charge in [0.05, 0.1) is 24.9 Å². The number of hydrogen-bond donors (Lipinski definition) is 0. The zero-order valence-electron chi connectivity index (χ0n) is 16.2. The van der Waals surface area contributed by atoms with E-state index in [9.17, 15) is 4.79 Å². The Kier molecular flexibility index (Phi) is 5.10. The highest BCUT2D eigenvalue weighted by atomic mass is 16.5. The number of ether oxygens (including phenoxy) is 2. The number of aryl methyl sites for hydroxylation is 2. The van der Waals surface area contributed by atoms with Crippen LogP contribution >= 0.6 is 0 Å². The van der Waals surface area contributed by atoms with E-state index in [1.54, 1.807) is 11.6 Å². The first-order valence-electron chi connectivity index (χ1n) is 9.68. The minimum absolute atomic E-state index is 0.128. The Morgan fingerprint density at radius 2 is 2.22 bits per heavy atom. The zero-order chi connectivity index (χ0) is 19.0. The van der Waals surface area contributed by atoms with E-state index in [2.05, 4.69) is 15.1 Å². The molecule has 0 bridgehead atoms. The molecule has 1 saturated carbocycles. The molecule has 1 amide bonds. The van der Waals surface area contributed by atoms with Gasteiger partial charge < -0.3 is 14.4 Å². The van der Waals surface area contributed by atoms with E-state index in [4.69, 9.17) is 9.47 Å². The predicted molar refractivity (Wildman–Crippen MR) is 98.5 cm³/mol. The van der Waals surface area contributed by atoms with Gasteiger partial charge in [-0.15, -0.1) is 0 Å². The van der Waals surface area contributed by atoms with Crippen LogP contribution in [0.2, 0.25) is 0 Å². The van der Waals surface area contributed by atoms with Crippen LogP contribution in [0.3, 0.4) is 0 Å². The second-order valence-corrected chi connectivity index (χ2v) is 7.47. The SMILES string of the molecule is COC1CCC2OCCN(C(=O)CCc3c(C)nc4ncnn4c3C)C2C1. The minimum atomic E-state index is 0.128. The molecule has 2 fully saturated rings. The molecule has 0 N–H and O–H groups in total. The molecule has 3 atom stereocenters. The molecule has 2 aromatic heterocycles. The number of amides is 1. The fraction of sp³-hybridized carbons (Fsp3) is 0.684. The van der Waals surface area contributed by atoms with Crippen LogP contribution in [-0.4, -0.2) is 68.9 Å². The van der Waals surface area contributed by atoms with Crippen molar-refractivity contribution in [1.29, 1.82) is 0 Å². The van der Waals surface area contributed by atoms with Gasteiger partial charge in [-0.1, -0.05) is 0 Å². The zero-order valence-corrected chi connectivity index (χ0v) is 16.2. The molecule has 8 nitrogen and oxygen atoms in total. The predicted octanol–water partition coefficient (Wildman–Crippen LogP) is 1.47. The molecule has 1 aliphatic heterocycles. The Balaban J connectivity index is 1.47. The maximum absolute atomic E-state index is 13.0. The number of methoxy groups -OCH3 is 1. The summed E-state index contributed by atoms with van der Waals surface area (Å²) in [6.45, 7) is 5.26. The van der Waals surface area contributed by atoms with Crippen molar-refractivity contribution in [2.45, 2.75) is 64.2 Å². The van der Waals surface area contributed by atoms with E-state index < -0.39 is 0 Å². The molecule has 1 aliphatic carbocycles. The van der Waals surface area contributed by atoms with E-state index in [1.807, 2.05) is 18.7 Å². The Labute approximate surface area is 158 Å². The molecule has 3 heterocycles. The number of nitrogens with zero attached hydrogens (tertiary/aromatic N) is 5. The van der Waals surface area contributed by atoms with Crippen LogP contribution in [-0.2, 0) is 20.7 Å². The average molecular weight is 373 g/mol. The Morgan fingerprint density at radius 3 is 3.04 bits per heavy atom. The lowest BCUT2D eigenvalue weighted by Gasteiger charge is -2.45. The lowest BCUT2D eigenvalue weighted by atomic mass is 9.87. The van der Waals surface area contributed by atoms with Gasteiger partial charge in [0.25, 0.3) is 5.78 Å². The van der Waals surface area contributed by atoms with Crippen LogP contribution in [0.25, 0.3) is 5.78 Å². The first kappa shape index (κ1) is 18.3. The van der Waals surface area contributed by atoms with Crippen LogP contribution in [0, 0.1) is 13.8 Å². The number of aromatic nitrogens is 4. The van der Waals surface area contributed by atoms with Crippen molar-refractivity contribution < 1.29 is 14.3 Å². The average Bonchev–Trinajstić information content (AvgIpc) is 3.15. The number of rotatable bonds is 4. The summed E-state index contributed by atoms with van der Waals surface area (Å²) >= 11 is 0. The van der Waals surface area contributed by atoms with Crippen molar-refractivity contribution in [3.8, 4) is 0 Å². The van der Waals surface area contributed by atoms with Gasteiger partial charge in [0.15, 0.2) is 0 Å². The van der Waals surface area contributed by atoms with Gasteiger partial charge in [-0.05, 0) is 45.1 Å². The smallest absolute Gasteiger partial charge is 0.252 e. The molecule has 4 rings (SSSR count). The number of morpholine rings is 1. The molecule has 146 valence electrons. The summed E-state index contributed by atoms with van der Waals surface area (Å²) in [5, 5.41) is 4.23. The summed E-state index contributed by atoms with van der Waals surface area (Å²) in [7, 11) is 1.75. The van der Waals surface area contributed by atoms with Gasteiger partial charge in [-0.2, -0.15) is 10.1 Å². The second-order valence-electron chi connectivity index (χ2n) is 7.47. The second kappa shape index (κ2) is 7.52. The van der Waals surface area contributed by atoms with Crippen molar-refractivity contribution >= 4 is 11.7 Å². The normalized spacial score (nSPS) is 25.6. The van der Waals surface area contributed by atoms with E-state index in [0.29, 0.717) is 31.8 Å². The first-order chi connectivity index (χ1) is 13.1. The number of carbonyl (C=O) groups excluding carboxylic acids is 1. The van der Waals surface area contributed by atoms with Crippen LogP contribution < -0.4 is 0 Å². The number of carbonyl (C=O) groups is 1. The van der Waals surface area contributed by atoms with Gasteiger partial charge in [0.1, 0.15) is 6.33 Å². The molecular weight excluding hydrogens is 346 g/mol. The highest BCUT2D eigenvalue weighted by Gasteiger charge is 2.39. The van der Waals surface area contributed by atoms with Gasteiger partial charge in [-0.3, -0.25) is 4.79 Å². The van der Waals surface area contributed by atoms with Crippen LogP contribution in [0.15, 0.2) is 6.33 Å². The largest absolute Gasteiger partial charge is 0.381 e. The molecule has 1 saturated heterocycles. The maximum atomic E-state index is 13.0. The summed E-state index contributed by atoms with van der Waals surface area (Å²) in [6, 6.07) is 0.128. The third-order valence-electron chi connectivity index (χ3n) is 6.00. The summed E-state index contributed by atoms with van der Waals surface area (Å²) in [4.78, 5) is 23.7. The summed E-state index contributed by atoms with van der Waals surface area (Å²) in [5.41, 5.74) is 2.99. The Bertz CT molecular complexity index is 836. The Hall–Kier alpha value is -2.06. The van der Waals surface area contributed by atoms with Crippen LogP contribution in [0.4, 0.5) is 0 Å². The molecular formula is C19H27N5O3. The monoisotopic (exact) mass is 373 g/mol. The summed E-state index contributed by atoms with van der Waals surface area (Å²) in [6.07, 6.45) is 5.80. The fourth-order valence-electron chi connectivity index (χ4n) is 4.49. The van der Waals surface area contributed by atoms with Crippen LogP contribution in [0.5, 0.6) is 0 Å². The third kappa shape index (κ3) is 3.43.